The third-order valence-corrected chi connectivity index (χ3v) is 3.31. The van der Waals surface area contributed by atoms with Gasteiger partial charge in [0, 0.05) is 0 Å². The molecule has 0 aliphatic heterocycles. The number of aromatic nitrogens is 3. The maximum atomic E-state index is 5.66. The van der Waals surface area contributed by atoms with Gasteiger partial charge in [-0.2, -0.15) is 0 Å². The van der Waals surface area contributed by atoms with Gasteiger partial charge in [0.2, 0.25) is 0 Å². The molecule has 0 amide bonds. The Balaban J connectivity index is 1.92. The number of nitrogens with zero attached hydrogens (tertiary/aromatic N) is 3. The average Bonchev–Trinajstić information content (AvgIpc) is 2.74. The molecule has 6 heteroatoms. The zero-order chi connectivity index (χ0) is 11.7. The first-order valence-corrected chi connectivity index (χ1v) is 6.12. The van der Waals surface area contributed by atoms with E-state index in [1.807, 2.05) is 24.3 Å². The Labute approximate surface area is 106 Å². The van der Waals surface area contributed by atoms with Crippen LogP contribution >= 0.6 is 22.9 Å². The third kappa shape index (κ3) is 2.20. The summed E-state index contributed by atoms with van der Waals surface area (Å²) in [4.78, 5) is 4.44. The Morgan fingerprint density at radius 1 is 1.06 bits per heavy atom. The highest BCUT2D eigenvalue weighted by atomic mass is 35.5. The smallest absolute Gasteiger partial charge is 0.189 e. The van der Waals surface area contributed by atoms with Crippen molar-refractivity contribution in [3.05, 3.63) is 41.6 Å². The third-order valence-electron chi connectivity index (χ3n) is 2.16. The number of rotatable bonds is 2. The van der Waals surface area contributed by atoms with Gasteiger partial charge in [0.25, 0.3) is 0 Å². The average molecular weight is 263 g/mol. The minimum Gasteiger partial charge on any atom is -0.315 e. The van der Waals surface area contributed by atoms with Gasteiger partial charge in [-0.25, -0.2) is 4.98 Å². The van der Waals surface area contributed by atoms with Crippen LogP contribution in [0.25, 0.3) is 10.2 Å². The summed E-state index contributed by atoms with van der Waals surface area (Å²) in [6, 6.07) is 11.4. The number of nitrogens with one attached hydrogen (secondary N) is 1. The van der Waals surface area contributed by atoms with Crippen LogP contribution in [-0.2, 0) is 0 Å². The minimum atomic E-state index is 0.375. The van der Waals surface area contributed by atoms with Crippen LogP contribution in [0.4, 0.5) is 10.9 Å². The summed E-state index contributed by atoms with van der Waals surface area (Å²) in [7, 11) is 0. The minimum absolute atomic E-state index is 0.375. The van der Waals surface area contributed by atoms with Gasteiger partial charge < -0.3 is 5.32 Å². The van der Waals surface area contributed by atoms with Gasteiger partial charge in [-0.3, -0.25) is 0 Å². The van der Waals surface area contributed by atoms with Crippen LogP contribution in [0.2, 0.25) is 5.15 Å². The lowest BCUT2D eigenvalue weighted by molar-refractivity contribution is 1.04. The van der Waals surface area contributed by atoms with E-state index in [2.05, 4.69) is 20.5 Å². The lowest BCUT2D eigenvalue weighted by Crippen LogP contribution is -1.94. The van der Waals surface area contributed by atoms with Gasteiger partial charge in [0.05, 0.1) is 10.2 Å². The van der Waals surface area contributed by atoms with Gasteiger partial charge in [-0.15, -0.1) is 10.2 Å². The van der Waals surface area contributed by atoms with Crippen LogP contribution < -0.4 is 5.32 Å². The molecule has 4 nitrogen and oxygen atoms in total. The van der Waals surface area contributed by atoms with Crippen LogP contribution in [-0.4, -0.2) is 15.2 Å². The van der Waals surface area contributed by atoms with Crippen LogP contribution in [0.5, 0.6) is 0 Å². The van der Waals surface area contributed by atoms with Crippen molar-refractivity contribution in [1.29, 1.82) is 0 Å². The number of benzene rings is 1. The zero-order valence-corrected chi connectivity index (χ0v) is 10.2. The molecule has 0 spiro atoms. The summed E-state index contributed by atoms with van der Waals surface area (Å²) < 4.78 is 1.14. The molecule has 0 bridgehead atoms. The van der Waals surface area contributed by atoms with Crippen LogP contribution in [0.15, 0.2) is 36.4 Å². The highest BCUT2D eigenvalue weighted by Crippen LogP contribution is 2.27. The van der Waals surface area contributed by atoms with Gasteiger partial charge >= 0.3 is 0 Å². The molecule has 0 atom stereocenters. The lowest BCUT2D eigenvalue weighted by Gasteiger charge is -1.98. The largest absolute Gasteiger partial charge is 0.315 e. The van der Waals surface area contributed by atoms with Crippen LogP contribution in [0, 0.1) is 0 Å². The number of hydrogen-bond acceptors (Lipinski definition) is 5. The van der Waals surface area contributed by atoms with E-state index in [0.29, 0.717) is 11.0 Å². The van der Waals surface area contributed by atoms with E-state index < -0.39 is 0 Å². The predicted molar refractivity (Wildman–Crippen MR) is 69.9 cm³/mol. The first kappa shape index (κ1) is 10.4. The fourth-order valence-corrected chi connectivity index (χ4v) is 2.39. The molecule has 2 heterocycles. The molecule has 0 radical (unpaired) electrons. The van der Waals surface area contributed by atoms with Gasteiger partial charge in [0.1, 0.15) is 0 Å². The molecule has 0 saturated heterocycles. The number of para-hydroxylation sites is 1. The molecule has 1 N–H and O–H groups in total. The van der Waals surface area contributed by atoms with Gasteiger partial charge in [-0.05, 0) is 24.3 Å². The number of hydrogen-bond donors (Lipinski definition) is 1. The summed E-state index contributed by atoms with van der Waals surface area (Å²) in [6.07, 6.45) is 0. The van der Waals surface area contributed by atoms with E-state index in [1.54, 1.807) is 23.5 Å². The Bertz CT molecular complexity index is 617. The second-order valence-electron chi connectivity index (χ2n) is 3.35. The molecule has 2 aromatic heterocycles. The maximum Gasteiger partial charge on any atom is 0.189 e. The van der Waals surface area contributed by atoms with E-state index in [1.165, 1.54) is 0 Å². The van der Waals surface area contributed by atoms with Crippen molar-refractivity contribution < 1.29 is 0 Å². The van der Waals surface area contributed by atoms with Crippen molar-refractivity contribution in [3.63, 3.8) is 0 Å². The standard InChI is InChI=1S/C11H7ClN4S/c12-9-5-6-10(16-15-9)14-11-13-7-3-1-2-4-8(7)17-11/h1-6H,(H,13,14,16). The fraction of sp³-hybridized carbons (Fsp3) is 0. The molecule has 1 aromatic carbocycles. The summed E-state index contributed by atoms with van der Waals surface area (Å²) in [5.41, 5.74) is 0.974. The van der Waals surface area contributed by atoms with E-state index in [9.17, 15) is 0 Å². The number of thiazole rings is 1. The molecule has 0 saturated carbocycles. The molecular weight excluding hydrogens is 256 g/mol. The molecule has 84 valence electrons. The number of anilines is 2. The topological polar surface area (TPSA) is 50.7 Å². The second-order valence-corrected chi connectivity index (χ2v) is 4.77. The molecular formula is C11H7ClN4S. The van der Waals surface area contributed by atoms with Crippen molar-refractivity contribution in [2.45, 2.75) is 0 Å². The van der Waals surface area contributed by atoms with Gasteiger partial charge in [-0.1, -0.05) is 35.1 Å². The van der Waals surface area contributed by atoms with Crippen molar-refractivity contribution in [2.75, 3.05) is 5.32 Å². The normalized spacial score (nSPS) is 10.6. The van der Waals surface area contributed by atoms with Crippen molar-refractivity contribution >= 4 is 44.1 Å². The first-order valence-electron chi connectivity index (χ1n) is 4.93. The molecule has 0 aliphatic carbocycles. The number of fused-ring (bicyclic) bond motifs is 1. The lowest BCUT2D eigenvalue weighted by atomic mass is 10.3. The monoisotopic (exact) mass is 262 g/mol. The molecule has 3 rings (SSSR count). The van der Waals surface area contributed by atoms with E-state index in [0.717, 1.165) is 15.3 Å². The van der Waals surface area contributed by atoms with Crippen molar-refractivity contribution in [3.8, 4) is 0 Å². The maximum absolute atomic E-state index is 5.66. The summed E-state index contributed by atoms with van der Waals surface area (Å²) in [5.74, 6) is 0.633. The molecule has 0 aliphatic rings. The Morgan fingerprint density at radius 3 is 2.71 bits per heavy atom. The zero-order valence-electron chi connectivity index (χ0n) is 8.59. The predicted octanol–water partition coefficient (Wildman–Crippen LogP) is 3.48. The molecule has 0 unspecified atom stereocenters. The van der Waals surface area contributed by atoms with Gasteiger partial charge in [0.15, 0.2) is 16.1 Å². The summed E-state index contributed by atoms with van der Waals surface area (Å²) >= 11 is 7.24. The van der Waals surface area contributed by atoms with E-state index >= 15 is 0 Å². The van der Waals surface area contributed by atoms with Crippen LogP contribution in [0.1, 0.15) is 0 Å². The number of halogens is 1. The fourth-order valence-electron chi connectivity index (χ4n) is 1.42. The molecule has 0 fully saturated rings. The highest BCUT2D eigenvalue weighted by molar-refractivity contribution is 7.22. The van der Waals surface area contributed by atoms with Crippen molar-refractivity contribution in [1.82, 2.24) is 15.2 Å². The summed E-state index contributed by atoms with van der Waals surface area (Å²) in [6.45, 7) is 0. The Kier molecular flexibility index (Phi) is 2.62. The SMILES string of the molecule is Clc1ccc(Nc2nc3ccccc3s2)nn1. The Morgan fingerprint density at radius 2 is 1.94 bits per heavy atom. The van der Waals surface area contributed by atoms with E-state index in [4.69, 9.17) is 11.6 Å². The second kappa shape index (κ2) is 4.27. The molecule has 3 aromatic rings. The van der Waals surface area contributed by atoms with E-state index in [-0.39, 0.29) is 0 Å². The first-order chi connectivity index (χ1) is 8.31. The van der Waals surface area contributed by atoms with Crippen LogP contribution in [0.3, 0.4) is 0 Å². The quantitative estimate of drug-likeness (QED) is 0.768. The highest BCUT2D eigenvalue weighted by Gasteiger charge is 2.03. The molecule has 17 heavy (non-hydrogen) atoms. The summed E-state index contributed by atoms with van der Waals surface area (Å²) in [5, 5.41) is 11.9. The Hall–Kier alpha value is -1.72. The van der Waals surface area contributed by atoms with Crippen molar-refractivity contribution in [2.24, 2.45) is 0 Å².